The zero-order chi connectivity index (χ0) is 22.1. The lowest BCUT2D eigenvalue weighted by atomic mass is 10.1. The molecule has 0 unspecified atom stereocenters. The van der Waals surface area contributed by atoms with Gasteiger partial charge < -0.3 is 14.0 Å². The number of amides is 2. The van der Waals surface area contributed by atoms with E-state index in [4.69, 9.17) is 14.0 Å². The molecule has 0 aliphatic heterocycles. The summed E-state index contributed by atoms with van der Waals surface area (Å²) in [6, 6.07) is 4.86. The van der Waals surface area contributed by atoms with Crippen molar-refractivity contribution in [2.45, 2.75) is 52.9 Å². The van der Waals surface area contributed by atoms with Crippen molar-refractivity contribution in [3.05, 3.63) is 35.5 Å². The minimum absolute atomic E-state index is 0.103. The predicted molar refractivity (Wildman–Crippen MR) is 110 cm³/mol. The van der Waals surface area contributed by atoms with E-state index >= 15 is 0 Å². The molecule has 0 atom stereocenters. The maximum absolute atomic E-state index is 12.3. The highest BCUT2D eigenvalue weighted by Crippen LogP contribution is 2.28. The largest absolute Gasteiger partial charge is 0.493 e. The topological polar surface area (TPSA) is 116 Å². The number of rotatable bonds is 10. The Bertz CT molecular complexity index is 848. The molecular weight excluding hydrogens is 388 g/mol. The lowest BCUT2D eigenvalue weighted by molar-refractivity contribution is -0.121. The van der Waals surface area contributed by atoms with Gasteiger partial charge in [-0.3, -0.25) is 20.4 Å². The molecule has 2 amide bonds. The molecule has 1 heterocycles. The Hall–Kier alpha value is -3.10. The summed E-state index contributed by atoms with van der Waals surface area (Å²) in [6.07, 6.45) is 1.31. The molecule has 0 radical (unpaired) electrons. The highest BCUT2D eigenvalue weighted by molar-refractivity contribution is 5.96. The van der Waals surface area contributed by atoms with E-state index in [-0.39, 0.29) is 24.7 Å². The minimum Gasteiger partial charge on any atom is -0.493 e. The minimum atomic E-state index is -0.463. The van der Waals surface area contributed by atoms with Gasteiger partial charge in [-0.2, -0.15) is 4.98 Å². The van der Waals surface area contributed by atoms with Crippen molar-refractivity contribution in [2.24, 2.45) is 5.92 Å². The fraction of sp³-hybridized carbons (Fsp3) is 0.524. The number of carbonyl (C=O) groups is 2. The van der Waals surface area contributed by atoms with E-state index in [0.29, 0.717) is 41.3 Å². The summed E-state index contributed by atoms with van der Waals surface area (Å²) in [5.74, 6) is 1.86. The molecule has 0 aliphatic rings. The molecule has 1 aromatic carbocycles. The molecule has 0 fully saturated rings. The van der Waals surface area contributed by atoms with Crippen molar-refractivity contribution < 1.29 is 23.6 Å². The van der Waals surface area contributed by atoms with Crippen LogP contribution in [0.4, 0.5) is 0 Å². The van der Waals surface area contributed by atoms with Crippen molar-refractivity contribution >= 4 is 11.8 Å². The Balaban J connectivity index is 1.83. The third-order valence-electron chi connectivity index (χ3n) is 4.26. The fourth-order valence-electron chi connectivity index (χ4n) is 2.42. The van der Waals surface area contributed by atoms with Gasteiger partial charge in [-0.15, -0.1) is 0 Å². The highest BCUT2D eigenvalue weighted by atomic mass is 16.5. The first-order chi connectivity index (χ1) is 14.3. The molecule has 0 saturated heterocycles. The second kappa shape index (κ2) is 11.2. The van der Waals surface area contributed by atoms with Crippen LogP contribution in [-0.2, 0) is 11.2 Å². The van der Waals surface area contributed by atoms with Crippen LogP contribution in [0.25, 0.3) is 0 Å². The van der Waals surface area contributed by atoms with Gasteiger partial charge >= 0.3 is 0 Å². The normalized spacial score (nSPS) is 10.9. The first-order valence-corrected chi connectivity index (χ1v) is 10.0. The Morgan fingerprint density at radius 1 is 1.13 bits per heavy atom. The van der Waals surface area contributed by atoms with E-state index in [1.54, 1.807) is 18.2 Å². The Morgan fingerprint density at radius 2 is 1.90 bits per heavy atom. The zero-order valence-corrected chi connectivity index (χ0v) is 18.2. The van der Waals surface area contributed by atoms with E-state index in [2.05, 4.69) is 34.8 Å². The van der Waals surface area contributed by atoms with Crippen LogP contribution < -0.4 is 20.3 Å². The number of hydrazine groups is 1. The predicted octanol–water partition coefficient (Wildman–Crippen LogP) is 3.02. The summed E-state index contributed by atoms with van der Waals surface area (Å²) in [6.45, 7) is 8.71. The van der Waals surface area contributed by atoms with Gasteiger partial charge in [-0.1, -0.05) is 32.9 Å². The average Bonchev–Trinajstić information content (AvgIpc) is 3.19. The number of nitrogens with zero attached hydrogens (tertiary/aromatic N) is 2. The van der Waals surface area contributed by atoms with E-state index in [1.807, 2.05) is 13.8 Å². The van der Waals surface area contributed by atoms with Gasteiger partial charge in [0.15, 0.2) is 17.3 Å². The second-order valence-electron chi connectivity index (χ2n) is 7.60. The SMILES string of the molecule is COc1cc(C(=O)NNC(=O)CCc2nc(C(C)C)no2)ccc1OCCC(C)C. The van der Waals surface area contributed by atoms with Crippen LogP contribution in [0.15, 0.2) is 22.7 Å². The van der Waals surface area contributed by atoms with Crippen LogP contribution in [-0.4, -0.2) is 35.7 Å². The quantitative estimate of drug-likeness (QED) is 0.570. The standard InChI is InChI=1S/C21H30N4O5/c1-13(2)10-11-29-16-7-6-15(12-17(16)28-5)21(27)24-23-18(26)8-9-19-22-20(14(3)4)25-30-19/h6-7,12-14H,8-11H2,1-5H3,(H,23,26)(H,24,27). The van der Waals surface area contributed by atoms with Gasteiger partial charge in [0.25, 0.3) is 5.91 Å². The smallest absolute Gasteiger partial charge is 0.269 e. The lowest BCUT2D eigenvalue weighted by Crippen LogP contribution is -2.41. The van der Waals surface area contributed by atoms with E-state index in [0.717, 1.165) is 6.42 Å². The summed E-state index contributed by atoms with van der Waals surface area (Å²) in [5.41, 5.74) is 5.10. The van der Waals surface area contributed by atoms with Gasteiger partial charge in [0.05, 0.1) is 13.7 Å². The lowest BCUT2D eigenvalue weighted by Gasteiger charge is -2.13. The molecule has 0 saturated carbocycles. The van der Waals surface area contributed by atoms with Gasteiger partial charge in [0.2, 0.25) is 11.8 Å². The Labute approximate surface area is 176 Å². The molecule has 30 heavy (non-hydrogen) atoms. The maximum atomic E-state index is 12.3. The van der Waals surface area contributed by atoms with Crippen molar-refractivity contribution in [3.63, 3.8) is 0 Å². The monoisotopic (exact) mass is 418 g/mol. The molecule has 164 valence electrons. The molecule has 0 bridgehead atoms. The summed E-state index contributed by atoms with van der Waals surface area (Å²) < 4.78 is 16.1. The number of benzene rings is 1. The van der Waals surface area contributed by atoms with Crippen molar-refractivity contribution in [1.82, 2.24) is 21.0 Å². The van der Waals surface area contributed by atoms with Crippen LogP contribution in [0.1, 0.15) is 68.5 Å². The molecule has 0 aliphatic carbocycles. The molecule has 2 N–H and O–H groups in total. The van der Waals surface area contributed by atoms with Crippen LogP contribution in [0.2, 0.25) is 0 Å². The molecule has 1 aromatic heterocycles. The number of carbonyl (C=O) groups excluding carboxylic acids is 2. The number of ether oxygens (including phenoxy) is 2. The van der Waals surface area contributed by atoms with E-state index < -0.39 is 5.91 Å². The maximum Gasteiger partial charge on any atom is 0.269 e. The van der Waals surface area contributed by atoms with Crippen LogP contribution in [0.5, 0.6) is 11.5 Å². The van der Waals surface area contributed by atoms with Crippen molar-refractivity contribution in [1.29, 1.82) is 0 Å². The first kappa shape index (κ1) is 23.2. The van der Waals surface area contributed by atoms with Gasteiger partial charge in [0, 0.05) is 24.3 Å². The Kier molecular flexibility index (Phi) is 8.64. The summed E-state index contributed by atoms with van der Waals surface area (Å²) in [7, 11) is 1.51. The van der Waals surface area contributed by atoms with Gasteiger partial charge in [-0.05, 0) is 30.5 Å². The third-order valence-corrected chi connectivity index (χ3v) is 4.26. The second-order valence-corrected chi connectivity index (χ2v) is 7.60. The summed E-state index contributed by atoms with van der Waals surface area (Å²) in [4.78, 5) is 28.5. The molecule has 2 aromatic rings. The summed E-state index contributed by atoms with van der Waals surface area (Å²) >= 11 is 0. The highest BCUT2D eigenvalue weighted by Gasteiger charge is 2.14. The third kappa shape index (κ3) is 7.06. The number of hydrogen-bond acceptors (Lipinski definition) is 7. The zero-order valence-electron chi connectivity index (χ0n) is 18.2. The number of aromatic nitrogens is 2. The summed E-state index contributed by atoms with van der Waals surface area (Å²) in [5, 5.41) is 3.85. The fourth-order valence-corrected chi connectivity index (χ4v) is 2.42. The van der Waals surface area contributed by atoms with E-state index in [9.17, 15) is 9.59 Å². The van der Waals surface area contributed by atoms with E-state index in [1.165, 1.54) is 7.11 Å². The molecule has 9 nitrogen and oxygen atoms in total. The van der Waals surface area contributed by atoms with Crippen LogP contribution in [0.3, 0.4) is 0 Å². The Morgan fingerprint density at radius 3 is 2.53 bits per heavy atom. The van der Waals surface area contributed by atoms with Crippen molar-refractivity contribution in [2.75, 3.05) is 13.7 Å². The average molecular weight is 418 g/mol. The first-order valence-electron chi connectivity index (χ1n) is 10.0. The number of aryl methyl sites for hydroxylation is 1. The molecule has 0 spiro atoms. The van der Waals surface area contributed by atoms with Gasteiger partial charge in [-0.25, -0.2) is 0 Å². The molecule has 2 rings (SSSR count). The number of hydrogen-bond donors (Lipinski definition) is 2. The molecular formula is C21H30N4O5. The van der Waals surface area contributed by atoms with Crippen molar-refractivity contribution in [3.8, 4) is 11.5 Å². The van der Waals surface area contributed by atoms with Crippen LogP contribution >= 0.6 is 0 Å². The van der Waals surface area contributed by atoms with Crippen LogP contribution in [0, 0.1) is 5.92 Å². The number of nitrogens with one attached hydrogen (secondary N) is 2. The molecule has 9 heteroatoms. The van der Waals surface area contributed by atoms with Gasteiger partial charge in [0.1, 0.15) is 0 Å². The number of methoxy groups -OCH3 is 1.